The van der Waals surface area contributed by atoms with E-state index in [1.54, 1.807) is 15.6 Å². The van der Waals surface area contributed by atoms with Gasteiger partial charge in [0.2, 0.25) is 11.9 Å². The molecule has 0 unspecified atom stereocenters. The highest BCUT2D eigenvalue weighted by Crippen LogP contribution is 2.28. The highest BCUT2D eigenvalue weighted by molar-refractivity contribution is 5.93. The van der Waals surface area contributed by atoms with Crippen LogP contribution in [0.15, 0.2) is 36.7 Å². The normalized spacial score (nSPS) is 19.0. The van der Waals surface area contributed by atoms with Gasteiger partial charge in [0.15, 0.2) is 11.5 Å². The summed E-state index contributed by atoms with van der Waals surface area (Å²) in [5.74, 6) is 0.986. The lowest BCUT2D eigenvalue weighted by atomic mass is 10.1. The van der Waals surface area contributed by atoms with Crippen molar-refractivity contribution in [3.05, 3.63) is 36.7 Å². The van der Waals surface area contributed by atoms with Crippen LogP contribution in [0.5, 0.6) is 0 Å². The lowest BCUT2D eigenvalue weighted by Gasteiger charge is -2.33. The van der Waals surface area contributed by atoms with Crippen molar-refractivity contribution in [1.82, 2.24) is 39.6 Å². The molecule has 0 bridgehead atoms. The maximum absolute atomic E-state index is 12.6. The van der Waals surface area contributed by atoms with E-state index in [2.05, 4.69) is 15.7 Å². The van der Waals surface area contributed by atoms with Gasteiger partial charge in [0.05, 0.1) is 23.3 Å². The van der Waals surface area contributed by atoms with Gasteiger partial charge in [-0.2, -0.15) is 9.61 Å². The number of amides is 2. The maximum atomic E-state index is 12.6. The summed E-state index contributed by atoms with van der Waals surface area (Å²) in [6.45, 7) is 7.55. The number of fused-ring (bicyclic) bond motifs is 3. The fraction of sp³-hybridized carbons (Fsp3) is 0.500. The van der Waals surface area contributed by atoms with E-state index in [1.807, 2.05) is 55.9 Å². The Morgan fingerprint density at radius 2 is 1.90 bits per heavy atom. The predicted octanol–water partition coefficient (Wildman–Crippen LogP) is 3.79. The van der Waals surface area contributed by atoms with Crippen molar-refractivity contribution < 1.29 is 14.3 Å². The first-order valence-electron chi connectivity index (χ1n) is 14.0. The van der Waals surface area contributed by atoms with Crippen molar-refractivity contribution in [3.8, 4) is 11.4 Å². The number of ether oxygens (including phenoxy) is 1. The molecule has 2 fully saturated rings. The van der Waals surface area contributed by atoms with Gasteiger partial charge in [0.1, 0.15) is 11.6 Å². The van der Waals surface area contributed by atoms with Gasteiger partial charge in [-0.25, -0.2) is 14.8 Å². The second kappa shape index (κ2) is 10.4. The largest absolute Gasteiger partial charge is 0.444 e. The monoisotopic (exact) mass is 545 g/mol. The number of likely N-dealkylation sites (tertiary alicyclic amines) is 1. The number of aromatic nitrogens is 6. The second-order valence-corrected chi connectivity index (χ2v) is 11.5. The van der Waals surface area contributed by atoms with Gasteiger partial charge in [0.25, 0.3) is 0 Å². The summed E-state index contributed by atoms with van der Waals surface area (Å²) in [6.07, 6.45) is 7.67. The highest BCUT2D eigenvalue weighted by atomic mass is 16.6. The van der Waals surface area contributed by atoms with Crippen LogP contribution in [-0.2, 0) is 9.53 Å². The van der Waals surface area contributed by atoms with Gasteiger partial charge in [-0.1, -0.05) is 12.1 Å². The van der Waals surface area contributed by atoms with Crippen LogP contribution >= 0.6 is 0 Å². The number of piperidine rings is 1. The molecule has 12 heteroatoms. The quantitative estimate of drug-likeness (QED) is 0.396. The molecule has 0 aliphatic carbocycles. The van der Waals surface area contributed by atoms with Gasteiger partial charge in [0, 0.05) is 31.2 Å². The fourth-order valence-electron chi connectivity index (χ4n) is 5.30. The standard InChI is InChI=1S/C28H35N9O3/c1-28(2,3)40-27(39)35-14-11-19(12-15-35)36-17-18(16-30-36)23-33-24-20-8-4-5-9-21(20)31-26(37(24)34-23)32-22-10-6-7-13-29-25(22)38/h4-5,8-9,16-17,19,22H,6-7,10-15H2,1-3H3,(H,29,38)(H,31,32)/t22-/m1/s1. The van der Waals surface area contributed by atoms with E-state index in [-0.39, 0.29) is 24.1 Å². The number of nitrogens with one attached hydrogen (secondary N) is 2. The molecule has 40 heavy (non-hydrogen) atoms. The van der Waals surface area contributed by atoms with Crippen LogP contribution in [-0.4, -0.2) is 77.5 Å². The molecule has 2 aliphatic heterocycles. The van der Waals surface area contributed by atoms with Crippen LogP contribution in [0.4, 0.5) is 10.7 Å². The number of carbonyl (C=O) groups is 2. The molecule has 2 aliphatic rings. The molecular weight excluding hydrogens is 510 g/mol. The molecule has 0 spiro atoms. The molecule has 1 aromatic carbocycles. The first-order chi connectivity index (χ1) is 19.2. The van der Waals surface area contributed by atoms with Crippen molar-refractivity contribution in [2.45, 2.75) is 70.6 Å². The molecule has 12 nitrogen and oxygen atoms in total. The van der Waals surface area contributed by atoms with E-state index < -0.39 is 5.60 Å². The average molecular weight is 546 g/mol. The molecule has 3 aromatic heterocycles. The van der Waals surface area contributed by atoms with Crippen LogP contribution in [0.2, 0.25) is 0 Å². The Morgan fingerprint density at radius 1 is 1.10 bits per heavy atom. The van der Waals surface area contributed by atoms with Crippen LogP contribution in [0.3, 0.4) is 0 Å². The molecule has 1 atom stereocenters. The number of benzene rings is 1. The molecule has 4 aromatic rings. The van der Waals surface area contributed by atoms with Gasteiger partial charge in [-0.3, -0.25) is 9.48 Å². The fourth-order valence-corrected chi connectivity index (χ4v) is 5.30. The Kier molecular flexibility index (Phi) is 6.77. The topological polar surface area (TPSA) is 132 Å². The summed E-state index contributed by atoms with van der Waals surface area (Å²) in [5, 5.41) is 16.6. The highest BCUT2D eigenvalue weighted by Gasteiger charge is 2.28. The number of carbonyl (C=O) groups excluding carboxylic acids is 2. The van der Waals surface area contributed by atoms with Crippen LogP contribution < -0.4 is 10.6 Å². The Hall–Kier alpha value is -4.22. The zero-order valence-corrected chi connectivity index (χ0v) is 23.1. The van der Waals surface area contributed by atoms with Gasteiger partial charge in [-0.15, -0.1) is 5.10 Å². The van der Waals surface area contributed by atoms with Crippen LogP contribution in [0.1, 0.15) is 58.9 Å². The Balaban J connectivity index is 1.25. The number of nitrogens with zero attached hydrogens (tertiary/aromatic N) is 7. The maximum Gasteiger partial charge on any atom is 0.410 e. The van der Waals surface area contributed by atoms with E-state index in [0.29, 0.717) is 37.1 Å². The summed E-state index contributed by atoms with van der Waals surface area (Å²) >= 11 is 0. The van der Waals surface area contributed by atoms with E-state index in [1.165, 1.54) is 0 Å². The van der Waals surface area contributed by atoms with E-state index in [4.69, 9.17) is 19.8 Å². The molecule has 210 valence electrons. The minimum Gasteiger partial charge on any atom is -0.444 e. The Bertz CT molecular complexity index is 1550. The van der Waals surface area contributed by atoms with Gasteiger partial charge in [-0.05, 0) is 65.0 Å². The zero-order chi connectivity index (χ0) is 27.9. The molecule has 0 saturated carbocycles. The Labute approximate surface area is 232 Å². The third-order valence-corrected chi connectivity index (χ3v) is 7.37. The van der Waals surface area contributed by atoms with Crippen molar-refractivity contribution in [2.75, 3.05) is 25.0 Å². The number of hydrogen-bond donors (Lipinski definition) is 2. The number of para-hydroxylation sites is 1. The number of rotatable bonds is 4. The van der Waals surface area contributed by atoms with Crippen molar-refractivity contribution in [3.63, 3.8) is 0 Å². The van der Waals surface area contributed by atoms with Gasteiger partial charge >= 0.3 is 6.09 Å². The average Bonchev–Trinajstić information content (AvgIpc) is 3.55. The molecule has 2 N–H and O–H groups in total. The zero-order valence-electron chi connectivity index (χ0n) is 23.1. The van der Waals surface area contributed by atoms with Gasteiger partial charge < -0.3 is 20.3 Å². The SMILES string of the molecule is CC(C)(C)OC(=O)N1CCC(n2cc(-c3nc4c5ccccc5nc(N[C@@H]5CCCCNC5=O)n4n3)cn2)CC1. The van der Waals surface area contributed by atoms with Crippen LogP contribution in [0, 0.1) is 0 Å². The lowest BCUT2D eigenvalue weighted by molar-refractivity contribution is -0.121. The third kappa shape index (κ3) is 5.30. The van der Waals surface area contributed by atoms with Crippen molar-refractivity contribution in [1.29, 1.82) is 0 Å². The van der Waals surface area contributed by atoms with E-state index >= 15 is 0 Å². The first-order valence-corrected chi connectivity index (χ1v) is 14.0. The van der Waals surface area contributed by atoms with Crippen LogP contribution in [0.25, 0.3) is 27.9 Å². The third-order valence-electron chi connectivity index (χ3n) is 7.37. The molecule has 2 saturated heterocycles. The summed E-state index contributed by atoms with van der Waals surface area (Å²) in [6, 6.07) is 7.57. The summed E-state index contributed by atoms with van der Waals surface area (Å²) in [7, 11) is 0. The molecule has 2 amide bonds. The summed E-state index contributed by atoms with van der Waals surface area (Å²) < 4.78 is 9.15. The molecule has 0 radical (unpaired) electrons. The lowest BCUT2D eigenvalue weighted by Crippen LogP contribution is -2.42. The minimum absolute atomic E-state index is 0.0278. The summed E-state index contributed by atoms with van der Waals surface area (Å²) in [4.78, 5) is 36.5. The Morgan fingerprint density at radius 3 is 2.70 bits per heavy atom. The summed E-state index contributed by atoms with van der Waals surface area (Å²) in [5.41, 5.74) is 1.72. The molecular formula is C28H35N9O3. The molecule has 5 heterocycles. The number of hydrogen-bond acceptors (Lipinski definition) is 8. The van der Waals surface area contributed by atoms with E-state index in [9.17, 15) is 9.59 Å². The van der Waals surface area contributed by atoms with Crippen molar-refractivity contribution in [2.24, 2.45) is 0 Å². The van der Waals surface area contributed by atoms with E-state index in [0.717, 1.165) is 48.6 Å². The number of anilines is 1. The first kappa shape index (κ1) is 26.0. The van der Waals surface area contributed by atoms with Crippen molar-refractivity contribution >= 4 is 34.5 Å². The smallest absolute Gasteiger partial charge is 0.410 e. The minimum atomic E-state index is -0.510. The molecule has 6 rings (SSSR count). The second-order valence-electron chi connectivity index (χ2n) is 11.5. The predicted molar refractivity (Wildman–Crippen MR) is 150 cm³/mol.